The van der Waals surface area contributed by atoms with Crippen LogP contribution >= 0.6 is 0 Å². The van der Waals surface area contributed by atoms with Crippen LogP contribution in [-0.4, -0.2) is 48.1 Å². The van der Waals surface area contributed by atoms with Crippen LogP contribution in [0.5, 0.6) is 0 Å². The molecule has 0 aromatic heterocycles. The second-order valence-corrected chi connectivity index (χ2v) is 6.29. The van der Waals surface area contributed by atoms with Gasteiger partial charge in [0.05, 0.1) is 6.61 Å². The Morgan fingerprint density at radius 2 is 2.00 bits per heavy atom. The third-order valence-corrected chi connectivity index (χ3v) is 4.64. The molecule has 0 radical (unpaired) electrons. The van der Waals surface area contributed by atoms with Crippen LogP contribution in [0.2, 0.25) is 0 Å². The second-order valence-electron chi connectivity index (χ2n) is 6.29. The average molecular weight is 312 g/mol. The van der Waals surface area contributed by atoms with Crippen molar-refractivity contribution in [2.75, 3.05) is 26.2 Å². The number of nitrogens with one attached hydrogen (secondary N) is 1. The average Bonchev–Trinajstić information content (AvgIpc) is 2.53. The number of piperidine rings is 1. The molecule has 0 aromatic rings. The lowest BCUT2D eigenvalue weighted by molar-refractivity contribution is -0.134. The molecule has 1 aliphatic heterocycles. The number of rotatable bonds is 9. The first kappa shape index (κ1) is 18.9. The third kappa shape index (κ3) is 6.34. The van der Waals surface area contributed by atoms with Crippen molar-refractivity contribution in [3.05, 3.63) is 0 Å². The van der Waals surface area contributed by atoms with Crippen molar-refractivity contribution in [2.24, 2.45) is 11.8 Å². The van der Waals surface area contributed by atoms with Crippen molar-refractivity contribution in [2.45, 2.75) is 58.8 Å². The first-order valence-corrected chi connectivity index (χ1v) is 8.77. The number of hydrogen-bond donors (Lipinski definition) is 2. The highest BCUT2D eigenvalue weighted by molar-refractivity contribution is 5.77. The molecule has 2 unspecified atom stereocenters. The van der Waals surface area contributed by atoms with Gasteiger partial charge in [-0.15, -0.1) is 0 Å². The molecule has 22 heavy (non-hydrogen) atoms. The Morgan fingerprint density at radius 3 is 2.64 bits per heavy atom. The van der Waals surface area contributed by atoms with E-state index in [1.54, 1.807) is 0 Å². The molecule has 0 aliphatic carbocycles. The van der Waals surface area contributed by atoms with Crippen molar-refractivity contribution in [3.8, 4) is 0 Å². The largest absolute Gasteiger partial charge is 0.395 e. The molecule has 1 rings (SSSR count). The van der Waals surface area contributed by atoms with Crippen LogP contribution in [0.3, 0.4) is 0 Å². The van der Waals surface area contributed by atoms with Gasteiger partial charge in [-0.3, -0.25) is 9.59 Å². The van der Waals surface area contributed by atoms with Gasteiger partial charge in [-0.2, -0.15) is 0 Å². The number of nitrogens with zero attached hydrogens (tertiary/aromatic N) is 1. The van der Waals surface area contributed by atoms with Crippen molar-refractivity contribution in [1.29, 1.82) is 0 Å². The van der Waals surface area contributed by atoms with E-state index in [9.17, 15) is 9.59 Å². The fraction of sp³-hybridized carbons (Fsp3) is 0.882. The van der Waals surface area contributed by atoms with Crippen LogP contribution in [-0.2, 0) is 9.59 Å². The first-order valence-electron chi connectivity index (χ1n) is 8.77. The lowest BCUT2D eigenvalue weighted by Gasteiger charge is -2.38. The van der Waals surface area contributed by atoms with Crippen LogP contribution in [0.1, 0.15) is 58.8 Å². The molecular formula is C17H32N2O3. The molecule has 2 amide bonds. The predicted octanol–water partition coefficient (Wildman–Crippen LogP) is 1.94. The van der Waals surface area contributed by atoms with Gasteiger partial charge in [-0.05, 0) is 24.7 Å². The summed E-state index contributed by atoms with van der Waals surface area (Å²) in [5.74, 6) is 1.04. The number of aliphatic hydroxyl groups excluding tert-OH is 1. The highest BCUT2D eigenvalue weighted by atomic mass is 16.3. The summed E-state index contributed by atoms with van der Waals surface area (Å²) in [6.45, 7) is 6.15. The van der Waals surface area contributed by atoms with E-state index in [4.69, 9.17) is 5.11 Å². The summed E-state index contributed by atoms with van der Waals surface area (Å²) in [6.07, 6.45) is 6.31. The third-order valence-electron chi connectivity index (χ3n) is 4.64. The van der Waals surface area contributed by atoms with E-state index in [0.29, 0.717) is 31.2 Å². The van der Waals surface area contributed by atoms with Crippen LogP contribution < -0.4 is 5.32 Å². The van der Waals surface area contributed by atoms with Crippen molar-refractivity contribution < 1.29 is 14.7 Å². The molecular weight excluding hydrogens is 280 g/mol. The minimum Gasteiger partial charge on any atom is -0.395 e. The zero-order chi connectivity index (χ0) is 16.4. The van der Waals surface area contributed by atoms with Crippen LogP contribution in [0.15, 0.2) is 0 Å². The molecule has 5 nitrogen and oxygen atoms in total. The molecule has 0 aromatic carbocycles. The Balaban J connectivity index is 2.42. The lowest BCUT2D eigenvalue weighted by atomic mass is 9.81. The predicted molar refractivity (Wildman–Crippen MR) is 87.3 cm³/mol. The molecule has 0 bridgehead atoms. The lowest BCUT2D eigenvalue weighted by Crippen LogP contribution is -2.44. The molecule has 0 spiro atoms. The Kier molecular flexibility index (Phi) is 9.13. The molecule has 2 N–H and O–H groups in total. The van der Waals surface area contributed by atoms with Crippen LogP contribution in [0, 0.1) is 11.8 Å². The first-order chi connectivity index (χ1) is 10.6. The van der Waals surface area contributed by atoms with Crippen molar-refractivity contribution >= 4 is 11.8 Å². The summed E-state index contributed by atoms with van der Waals surface area (Å²) >= 11 is 0. The maximum absolute atomic E-state index is 12.2. The zero-order valence-corrected chi connectivity index (χ0v) is 14.1. The number of carbonyl (C=O) groups excluding carboxylic acids is 2. The van der Waals surface area contributed by atoms with Gasteiger partial charge in [0.15, 0.2) is 0 Å². The minimum absolute atomic E-state index is 0.0141. The van der Waals surface area contributed by atoms with Gasteiger partial charge in [0.25, 0.3) is 0 Å². The van der Waals surface area contributed by atoms with E-state index in [0.717, 1.165) is 45.2 Å². The molecule has 128 valence electrons. The zero-order valence-electron chi connectivity index (χ0n) is 14.1. The quantitative estimate of drug-likeness (QED) is 0.639. The van der Waals surface area contributed by atoms with Crippen LogP contribution in [0.25, 0.3) is 0 Å². The van der Waals surface area contributed by atoms with E-state index >= 15 is 0 Å². The van der Waals surface area contributed by atoms with Gasteiger partial charge in [0.2, 0.25) is 11.8 Å². The van der Waals surface area contributed by atoms with Gasteiger partial charge in [0, 0.05) is 32.5 Å². The maximum atomic E-state index is 12.2. The number of amides is 2. The Labute approximate surface area is 134 Å². The highest BCUT2D eigenvalue weighted by Crippen LogP contribution is 2.29. The van der Waals surface area contributed by atoms with Crippen molar-refractivity contribution in [1.82, 2.24) is 10.2 Å². The number of hydrogen-bond acceptors (Lipinski definition) is 3. The van der Waals surface area contributed by atoms with E-state index < -0.39 is 0 Å². The van der Waals surface area contributed by atoms with Gasteiger partial charge >= 0.3 is 0 Å². The number of likely N-dealkylation sites (tertiary alicyclic amines) is 1. The monoisotopic (exact) mass is 312 g/mol. The van der Waals surface area contributed by atoms with Crippen molar-refractivity contribution in [3.63, 3.8) is 0 Å². The summed E-state index contributed by atoms with van der Waals surface area (Å²) in [7, 11) is 0. The fourth-order valence-corrected chi connectivity index (χ4v) is 3.23. The van der Waals surface area contributed by atoms with E-state index in [-0.39, 0.29) is 18.4 Å². The molecule has 5 heteroatoms. The molecule has 1 heterocycles. The van der Waals surface area contributed by atoms with Gasteiger partial charge in [-0.1, -0.05) is 33.1 Å². The molecule has 1 fully saturated rings. The van der Waals surface area contributed by atoms with Gasteiger partial charge in [0.1, 0.15) is 0 Å². The summed E-state index contributed by atoms with van der Waals surface area (Å²) in [4.78, 5) is 26.0. The molecule has 1 saturated heterocycles. The summed E-state index contributed by atoms with van der Waals surface area (Å²) < 4.78 is 0. The number of carbonyl (C=O) groups is 2. The Morgan fingerprint density at radius 1 is 1.23 bits per heavy atom. The van der Waals surface area contributed by atoms with E-state index in [2.05, 4.69) is 19.2 Å². The Hall–Kier alpha value is -1.10. The van der Waals surface area contributed by atoms with Gasteiger partial charge in [-0.25, -0.2) is 0 Å². The Bertz CT molecular complexity index is 347. The number of unbranched alkanes of at least 4 members (excludes halogenated alkanes) is 2. The molecule has 0 saturated carbocycles. The molecule has 2 atom stereocenters. The normalized spacial score (nSPS) is 21.7. The van der Waals surface area contributed by atoms with E-state index in [1.165, 1.54) is 0 Å². The van der Waals surface area contributed by atoms with Crippen LogP contribution in [0.4, 0.5) is 0 Å². The summed E-state index contributed by atoms with van der Waals surface area (Å²) in [6, 6.07) is 0. The summed E-state index contributed by atoms with van der Waals surface area (Å²) in [5.41, 5.74) is 0. The smallest absolute Gasteiger partial charge is 0.222 e. The topological polar surface area (TPSA) is 69.6 Å². The number of aliphatic hydroxyl groups is 1. The minimum atomic E-state index is -0.0202. The summed E-state index contributed by atoms with van der Waals surface area (Å²) in [5, 5.41) is 11.5. The highest BCUT2D eigenvalue weighted by Gasteiger charge is 2.31. The standard InChI is InChI=1S/C17H32N2O3/c1-3-5-6-7-17(22)19-10-8-15(14(4-2)13-19)12-16(21)18-9-11-20/h14-15,20H,3-13H2,1-2H3,(H,18,21). The molecule has 1 aliphatic rings. The SMILES string of the molecule is CCCCCC(=O)N1CCC(CC(=O)NCCO)C(CC)C1. The maximum Gasteiger partial charge on any atom is 0.222 e. The van der Waals surface area contributed by atoms with Gasteiger partial charge < -0.3 is 15.3 Å². The van der Waals surface area contributed by atoms with E-state index in [1.807, 2.05) is 4.90 Å². The second kappa shape index (κ2) is 10.6. The fourth-order valence-electron chi connectivity index (χ4n) is 3.23.